The van der Waals surface area contributed by atoms with Crippen molar-refractivity contribution >= 4 is 17.3 Å². The van der Waals surface area contributed by atoms with Crippen LogP contribution in [-0.2, 0) is 60.4 Å². The van der Waals surface area contributed by atoms with Gasteiger partial charge in [-0.1, -0.05) is 458 Å². The molecule has 14 nitrogen and oxygen atoms in total. The van der Waals surface area contributed by atoms with Gasteiger partial charge in [-0.2, -0.15) is 0 Å². The van der Waals surface area contributed by atoms with Crippen LogP contribution in [0.5, 0.6) is 23.0 Å². The molecule has 0 aliphatic rings. The number of benzene rings is 3. The van der Waals surface area contributed by atoms with Crippen molar-refractivity contribution in [2.75, 3.05) is 85.8 Å². The second-order valence-electron chi connectivity index (χ2n) is 66.4. The van der Waals surface area contributed by atoms with Gasteiger partial charge in [-0.3, -0.25) is 14.4 Å². The van der Waals surface area contributed by atoms with E-state index in [2.05, 4.69) is 401 Å². The third-order valence-electron chi connectivity index (χ3n) is 24.3. The maximum atomic E-state index is 11.7. The first-order valence-electron chi connectivity index (χ1n) is 56.7. The summed E-state index contributed by atoms with van der Waals surface area (Å²) in [5.74, 6) is 2.17. The zero-order valence-corrected chi connectivity index (χ0v) is 110. The summed E-state index contributed by atoms with van der Waals surface area (Å²) in [6, 6.07) is 20.1. The van der Waals surface area contributed by atoms with Gasteiger partial charge in [-0.25, -0.2) is 0 Å². The van der Waals surface area contributed by atoms with Gasteiger partial charge in [0.1, 0.15) is 18.0 Å². The smallest absolute Gasteiger partial charge is 0.169 e. The molecule has 0 aromatic heterocycles. The highest BCUT2D eigenvalue weighted by atomic mass is 16.5. The van der Waals surface area contributed by atoms with Crippen LogP contribution in [0.15, 0.2) is 54.6 Å². The average molecular weight is 2070 g/mol. The first-order chi connectivity index (χ1) is 64.7. The maximum absolute atomic E-state index is 11.7. The van der Waals surface area contributed by atoms with Crippen LogP contribution in [0.1, 0.15) is 541 Å². The summed E-state index contributed by atoms with van der Waals surface area (Å²) in [5.41, 5.74) is 9.70. The molecule has 0 spiro atoms. The van der Waals surface area contributed by atoms with Gasteiger partial charge < -0.3 is 53.4 Å². The van der Waals surface area contributed by atoms with Crippen molar-refractivity contribution in [2.24, 2.45) is 86.6 Å². The predicted octanol–water partition coefficient (Wildman–Crippen LogP) is 37.2. The van der Waals surface area contributed by atoms with Crippen LogP contribution in [0.4, 0.5) is 0 Å². The highest BCUT2D eigenvalue weighted by Crippen LogP contribution is 2.44. The molecule has 0 bridgehead atoms. The standard InChI is InChI=1S/C30H54O4.C29H60O4.C18H30.C14H22.C12H22O4.C11H25N.C10H22.C9H18O/c1-27(2,3)13-17-31-23-21-25(33-19-15-29(7,8)9)26(34-20-16-30(10,11)12)22-24(23)32-18-14-28(4,5)6;1-25(2,3)13-17-30-21-29(22-31-18-14-26(4,5)6,23-32-19-15-27(7,8)9)24-33-20-16-28(10,11)12;1-16(2,3)13-10-14(17(4,5)6)12-15(11-13)18(7,8)9;1-13(2,3)11-7-9-12(10-8-11)14(4,5)6;1-11(2,3)9(15)7(13)8(14)10(16)12(4,5)6;1-10(2,3)8-7-9-12-11(4,5)6;1-9(2,3)7-8-10(4,5)6;1-8(2,3)7(10)9(4,5)6/h21-22H,13-20H2,1-12H3;13-24H2,1-12H3;10-12H,1-9H3;7-10H,1-6H3;7-8,13-14H,1-6H3;12H,7-9H2,1-6H3;7-8H2,1-6H3;1-6H3. The SMILES string of the molecule is CC(C)(C)C(=O)C(C)(C)C.CC(C)(C)C(=O)C(O)C(O)C(=O)C(C)(C)C.CC(C)(C)CCC(C)(C)C.CC(C)(C)CCCNC(C)(C)C.CC(C)(C)CCOCC(COCCC(C)(C)C)(COCCC(C)(C)C)COCCC(C)(C)C.CC(C)(C)CCOc1cc(OCCC(C)(C)C)c(OCCC(C)(C)C)cc1OCCC(C)(C)C.CC(C)(C)c1cc(C(C)(C)C)cc(C(C)(C)C)c1.CC(C)(C)c1ccc(C(C)(C)C)cc1. The molecule has 0 amide bonds. The van der Waals surface area contributed by atoms with Crippen LogP contribution in [0.2, 0.25) is 0 Å². The molecule has 3 aromatic carbocycles. The Morgan fingerprint density at radius 3 is 0.551 bits per heavy atom. The van der Waals surface area contributed by atoms with Gasteiger partial charge in [0, 0.05) is 65.8 Å². The van der Waals surface area contributed by atoms with E-state index < -0.39 is 34.6 Å². The van der Waals surface area contributed by atoms with E-state index in [9.17, 15) is 24.6 Å². The van der Waals surface area contributed by atoms with Gasteiger partial charge in [0.2, 0.25) is 0 Å². The third-order valence-corrected chi connectivity index (χ3v) is 24.3. The van der Waals surface area contributed by atoms with E-state index >= 15 is 0 Å². The lowest BCUT2D eigenvalue weighted by atomic mass is 9.76. The number of hydrogen-bond acceptors (Lipinski definition) is 14. The van der Waals surface area contributed by atoms with Crippen LogP contribution in [0.3, 0.4) is 0 Å². The molecule has 2 atom stereocenters. The van der Waals surface area contributed by atoms with E-state index in [0.29, 0.717) is 74.9 Å². The highest BCUT2D eigenvalue weighted by molar-refractivity contribution is 5.97. The molecule has 0 radical (unpaired) electrons. The zero-order chi connectivity index (χ0) is 117. The number of aliphatic hydroxyl groups excluding tert-OH is 2. The lowest BCUT2D eigenvalue weighted by Crippen LogP contribution is -2.47. The lowest BCUT2D eigenvalue weighted by molar-refractivity contribution is -0.152. The van der Waals surface area contributed by atoms with Crippen LogP contribution in [0.25, 0.3) is 0 Å². The van der Waals surface area contributed by atoms with Crippen molar-refractivity contribution in [1.29, 1.82) is 0 Å². The Labute approximate surface area is 915 Å². The fraction of sp³-hybridized carbons (Fsp3) is 0.842. The molecule has 14 heteroatoms. The fourth-order valence-electron chi connectivity index (χ4n) is 13.3. The normalized spacial score (nSPS) is 13.9. The number of ketones is 3. The van der Waals surface area contributed by atoms with E-state index in [1.54, 1.807) is 41.5 Å². The van der Waals surface area contributed by atoms with E-state index in [4.69, 9.17) is 37.9 Å². The van der Waals surface area contributed by atoms with Gasteiger partial charge >= 0.3 is 0 Å². The topological polar surface area (TPSA) is 178 Å². The summed E-state index contributed by atoms with van der Waals surface area (Å²) in [6.07, 6.45) is 9.90. The van der Waals surface area contributed by atoms with Crippen LogP contribution in [-0.4, -0.2) is 131 Å². The number of Topliss-reactive ketones (excluding diaryl/α,β-unsaturated/α-hetero) is 3. The van der Waals surface area contributed by atoms with Crippen LogP contribution < -0.4 is 24.3 Å². The molecular weight excluding hydrogens is 1820 g/mol. The van der Waals surface area contributed by atoms with E-state index in [0.717, 1.165) is 107 Å². The summed E-state index contributed by atoms with van der Waals surface area (Å²) in [5, 5.41) is 22.8. The van der Waals surface area contributed by atoms with Gasteiger partial charge in [0.05, 0.1) is 58.3 Å². The van der Waals surface area contributed by atoms with Crippen LogP contribution >= 0.6 is 0 Å². The Hall–Kier alpha value is -4.41. The number of carbonyl (C=O) groups is 3. The summed E-state index contributed by atoms with van der Waals surface area (Å²) in [4.78, 5) is 34.8. The first kappa shape index (κ1) is 151. The Kier molecular flexibility index (Phi) is 63.6. The Balaban J connectivity index is -0.000000546. The van der Waals surface area contributed by atoms with Gasteiger partial charge in [-0.15, -0.1) is 0 Å². The number of carbonyl (C=O) groups excluding carboxylic acids is 3. The quantitative estimate of drug-likeness (QED) is 0.0474. The number of hydrogen-bond donors (Lipinski definition) is 3. The zero-order valence-electron chi connectivity index (χ0n) is 110. The molecule has 2 unspecified atom stereocenters. The van der Waals surface area contributed by atoms with Gasteiger partial charge in [0.25, 0.3) is 0 Å². The fourth-order valence-corrected chi connectivity index (χ4v) is 13.3. The van der Waals surface area contributed by atoms with Crippen molar-refractivity contribution in [3.05, 3.63) is 82.4 Å². The lowest BCUT2D eigenvalue weighted by Gasteiger charge is -2.34. The van der Waals surface area contributed by atoms with E-state index in [-0.39, 0.29) is 92.2 Å². The minimum Gasteiger partial charge on any atom is -0.490 e. The molecule has 147 heavy (non-hydrogen) atoms. The Morgan fingerprint density at radius 1 is 0.231 bits per heavy atom. The maximum Gasteiger partial charge on any atom is 0.169 e. The highest BCUT2D eigenvalue weighted by Gasteiger charge is 2.41. The van der Waals surface area contributed by atoms with E-state index in [1.165, 1.54) is 53.5 Å². The number of ether oxygens (including phenoxy) is 8. The van der Waals surface area contributed by atoms with Crippen molar-refractivity contribution in [2.45, 2.75) is 558 Å². The van der Waals surface area contributed by atoms with Crippen molar-refractivity contribution in [3.63, 3.8) is 0 Å². The van der Waals surface area contributed by atoms with Crippen molar-refractivity contribution in [1.82, 2.24) is 5.32 Å². The summed E-state index contributed by atoms with van der Waals surface area (Å²) < 4.78 is 49.9. The molecule has 0 fully saturated rings. The number of nitrogens with one attached hydrogen (secondary N) is 1. The Bertz CT molecular complexity index is 3640. The molecule has 0 aliphatic carbocycles. The minimum absolute atomic E-state index is 0.196. The molecule has 0 heterocycles. The van der Waals surface area contributed by atoms with Crippen molar-refractivity contribution < 1.29 is 62.5 Å². The Morgan fingerprint density at radius 2 is 0.408 bits per heavy atom. The van der Waals surface area contributed by atoms with E-state index in [1.807, 2.05) is 53.7 Å². The first-order valence-corrected chi connectivity index (χ1v) is 56.7. The van der Waals surface area contributed by atoms with Crippen molar-refractivity contribution in [3.8, 4) is 23.0 Å². The molecule has 3 aromatic rings. The predicted molar refractivity (Wildman–Crippen MR) is 643 cm³/mol. The molecule has 0 saturated carbocycles. The molecule has 3 rings (SSSR count). The minimum atomic E-state index is -1.65. The molecule has 3 N–H and O–H groups in total. The monoisotopic (exact) mass is 2070 g/mol. The average Bonchev–Trinajstić information content (AvgIpc) is 0.786. The second-order valence-corrected chi connectivity index (χ2v) is 66.4. The summed E-state index contributed by atoms with van der Waals surface area (Å²) >= 11 is 0. The number of rotatable bonds is 35. The van der Waals surface area contributed by atoms with Gasteiger partial charge in [-0.05, 0) is 219 Å². The summed E-state index contributed by atoms with van der Waals surface area (Å²) in [6.45, 7) is 146. The molecule has 868 valence electrons. The number of aliphatic hydroxyl groups is 2. The molecule has 0 saturated heterocycles. The summed E-state index contributed by atoms with van der Waals surface area (Å²) in [7, 11) is 0. The largest absolute Gasteiger partial charge is 0.490 e. The third kappa shape index (κ3) is 85.5. The van der Waals surface area contributed by atoms with Crippen LogP contribution in [0, 0.1) is 86.6 Å². The van der Waals surface area contributed by atoms with Gasteiger partial charge in [0.15, 0.2) is 34.6 Å². The molecular formula is C133H253NO13. The molecule has 0 aliphatic heterocycles. The second kappa shape index (κ2) is 61.9.